The zero-order valence-corrected chi connectivity index (χ0v) is 16.7. The van der Waals surface area contributed by atoms with Crippen LogP contribution in [0.1, 0.15) is 43.7 Å². The first-order valence-electron chi connectivity index (χ1n) is 10.7. The summed E-state index contributed by atoms with van der Waals surface area (Å²) in [6, 6.07) is 8.55. The molecular formula is C24H23FN4O. The molecule has 2 aliphatic carbocycles. The van der Waals surface area contributed by atoms with E-state index in [1.807, 2.05) is 12.1 Å². The minimum Gasteiger partial charge on any atom is -0.451 e. The molecule has 3 aromatic rings. The predicted molar refractivity (Wildman–Crippen MR) is 112 cm³/mol. The summed E-state index contributed by atoms with van der Waals surface area (Å²) in [5.74, 6) is 2.18. The fourth-order valence-corrected chi connectivity index (χ4v) is 4.77. The maximum atomic E-state index is 14.2. The summed E-state index contributed by atoms with van der Waals surface area (Å²) in [6.07, 6.45) is 11.3. The van der Waals surface area contributed by atoms with Crippen LogP contribution in [0.4, 0.5) is 10.2 Å². The van der Waals surface area contributed by atoms with Crippen molar-refractivity contribution in [3.8, 4) is 22.6 Å². The van der Waals surface area contributed by atoms with E-state index in [1.165, 1.54) is 31.4 Å². The highest BCUT2D eigenvalue weighted by Crippen LogP contribution is 2.51. The van der Waals surface area contributed by atoms with Gasteiger partial charge in [-0.25, -0.2) is 14.4 Å². The van der Waals surface area contributed by atoms with Crippen LogP contribution in [-0.2, 0) is 0 Å². The Bertz CT molecular complexity index is 1100. The van der Waals surface area contributed by atoms with Crippen molar-refractivity contribution < 1.29 is 9.13 Å². The SMILES string of the molecule is Fc1ccc(Oc2cncnc2N2CC3(CCC3)C2)c(-c2cccnc2C2CC2)c1. The first-order valence-corrected chi connectivity index (χ1v) is 10.7. The van der Waals surface area contributed by atoms with Crippen LogP contribution in [0.25, 0.3) is 11.1 Å². The van der Waals surface area contributed by atoms with Gasteiger partial charge in [-0.15, -0.1) is 0 Å². The number of benzene rings is 1. The molecule has 1 aliphatic heterocycles. The second-order valence-electron chi connectivity index (χ2n) is 8.87. The maximum absolute atomic E-state index is 14.2. The summed E-state index contributed by atoms with van der Waals surface area (Å²) in [5.41, 5.74) is 3.16. The van der Waals surface area contributed by atoms with Crippen molar-refractivity contribution in [3.63, 3.8) is 0 Å². The van der Waals surface area contributed by atoms with Crippen LogP contribution >= 0.6 is 0 Å². The van der Waals surface area contributed by atoms with Gasteiger partial charge >= 0.3 is 0 Å². The van der Waals surface area contributed by atoms with Crippen molar-refractivity contribution in [1.82, 2.24) is 15.0 Å². The van der Waals surface area contributed by atoms with Crippen LogP contribution < -0.4 is 9.64 Å². The molecule has 1 saturated heterocycles. The van der Waals surface area contributed by atoms with E-state index in [0.717, 1.165) is 48.6 Å². The van der Waals surface area contributed by atoms with Gasteiger partial charge in [0.15, 0.2) is 11.6 Å². The summed E-state index contributed by atoms with van der Waals surface area (Å²) in [5, 5.41) is 0. The highest BCUT2D eigenvalue weighted by Gasteiger charge is 2.48. The zero-order valence-electron chi connectivity index (χ0n) is 16.7. The molecule has 3 fully saturated rings. The summed E-state index contributed by atoms with van der Waals surface area (Å²) in [7, 11) is 0. The van der Waals surface area contributed by atoms with E-state index in [1.54, 1.807) is 24.8 Å². The fraction of sp³-hybridized carbons (Fsp3) is 0.375. The topological polar surface area (TPSA) is 51.1 Å². The molecule has 2 aromatic heterocycles. The number of anilines is 1. The van der Waals surface area contributed by atoms with Crippen LogP contribution in [0, 0.1) is 11.2 Å². The van der Waals surface area contributed by atoms with Gasteiger partial charge in [0.05, 0.1) is 11.9 Å². The lowest BCUT2D eigenvalue weighted by molar-refractivity contribution is 0.0892. The minimum absolute atomic E-state index is 0.290. The smallest absolute Gasteiger partial charge is 0.188 e. The largest absolute Gasteiger partial charge is 0.451 e. The normalized spacial score (nSPS) is 19.3. The second-order valence-corrected chi connectivity index (χ2v) is 8.87. The van der Waals surface area contributed by atoms with Gasteiger partial charge in [-0.05, 0) is 49.9 Å². The Morgan fingerprint density at radius 3 is 2.67 bits per heavy atom. The molecule has 1 aromatic carbocycles. The van der Waals surface area contributed by atoms with Gasteiger partial charge in [0.1, 0.15) is 17.9 Å². The highest BCUT2D eigenvalue weighted by atomic mass is 19.1. The van der Waals surface area contributed by atoms with Crippen molar-refractivity contribution in [2.24, 2.45) is 5.41 Å². The number of hydrogen-bond acceptors (Lipinski definition) is 5. The Morgan fingerprint density at radius 2 is 1.90 bits per heavy atom. The number of aromatic nitrogens is 3. The second kappa shape index (κ2) is 6.76. The third-order valence-corrected chi connectivity index (χ3v) is 6.68. The molecule has 0 radical (unpaired) electrons. The first-order chi connectivity index (χ1) is 14.7. The van der Waals surface area contributed by atoms with E-state index in [2.05, 4.69) is 19.9 Å². The van der Waals surface area contributed by atoms with Crippen LogP contribution in [0.3, 0.4) is 0 Å². The first kappa shape index (κ1) is 17.8. The van der Waals surface area contributed by atoms with Crippen LogP contribution in [0.2, 0.25) is 0 Å². The Morgan fingerprint density at radius 1 is 1.03 bits per heavy atom. The Balaban J connectivity index is 1.35. The maximum Gasteiger partial charge on any atom is 0.188 e. The lowest BCUT2D eigenvalue weighted by Crippen LogP contribution is -2.60. The van der Waals surface area contributed by atoms with Gasteiger partial charge < -0.3 is 9.64 Å². The molecule has 0 amide bonds. The molecule has 30 heavy (non-hydrogen) atoms. The third kappa shape index (κ3) is 3.02. The van der Waals surface area contributed by atoms with Crippen LogP contribution in [0.15, 0.2) is 49.1 Å². The Labute approximate surface area is 175 Å². The molecule has 6 heteroatoms. The third-order valence-electron chi connectivity index (χ3n) is 6.68. The zero-order chi connectivity index (χ0) is 20.1. The summed E-state index contributed by atoms with van der Waals surface area (Å²) >= 11 is 0. The molecule has 0 bridgehead atoms. The standard InChI is InChI=1S/C24H23FN4O/c25-17-6-7-20(19(11-17)18-3-1-10-27-22(18)16-4-5-16)30-21-12-26-15-28-23(21)29-13-24(14-29)8-2-9-24/h1,3,6-7,10-12,15-16H,2,4-5,8-9,13-14H2. The lowest BCUT2D eigenvalue weighted by Gasteiger charge is -2.56. The number of ether oxygens (including phenoxy) is 1. The van der Waals surface area contributed by atoms with Gasteiger partial charge in [0.2, 0.25) is 0 Å². The van der Waals surface area contributed by atoms with Crippen molar-refractivity contribution in [2.45, 2.75) is 38.0 Å². The molecule has 6 rings (SSSR count). The fourth-order valence-electron chi connectivity index (χ4n) is 4.77. The van der Waals surface area contributed by atoms with Crippen molar-refractivity contribution in [2.75, 3.05) is 18.0 Å². The van der Waals surface area contributed by atoms with Crippen molar-refractivity contribution >= 4 is 5.82 Å². The lowest BCUT2D eigenvalue weighted by atomic mass is 9.63. The van der Waals surface area contributed by atoms with E-state index < -0.39 is 0 Å². The molecule has 3 aliphatic rings. The molecule has 152 valence electrons. The van der Waals surface area contributed by atoms with Gasteiger partial charge in [-0.3, -0.25) is 4.98 Å². The quantitative estimate of drug-likeness (QED) is 0.577. The summed E-state index contributed by atoms with van der Waals surface area (Å²) in [4.78, 5) is 15.5. The Hall–Kier alpha value is -3.02. The molecule has 5 nitrogen and oxygen atoms in total. The van der Waals surface area contributed by atoms with Crippen molar-refractivity contribution in [3.05, 3.63) is 60.6 Å². The van der Waals surface area contributed by atoms with E-state index in [0.29, 0.717) is 22.8 Å². The predicted octanol–water partition coefficient (Wildman–Crippen LogP) is 5.34. The molecule has 3 heterocycles. The van der Waals surface area contributed by atoms with E-state index in [9.17, 15) is 4.39 Å². The number of rotatable bonds is 5. The number of pyridine rings is 1. The molecular weight excluding hydrogens is 379 g/mol. The molecule has 0 N–H and O–H groups in total. The highest BCUT2D eigenvalue weighted by molar-refractivity contribution is 5.74. The van der Waals surface area contributed by atoms with Gasteiger partial charge in [-0.1, -0.05) is 12.5 Å². The van der Waals surface area contributed by atoms with E-state index >= 15 is 0 Å². The van der Waals surface area contributed by atoms with Crippen LogP contribution in [0.5, 0.6) is 11.5 Å². The van der Waals surface area contributed by atoms with E-state index in [-0.39, 0.29) is 5.82 Å². The monoisotopic (exact) mass is 402 g/mol. The van der Waals surface area contributed by atoms with Gasteiger partial charge in [0, 0.05) is 41.7 Å². The molecule has 1 spiro atoms. The van der Waals surface area contributed by atoms with Crippen molar-refractivity contribution in [1.29, 1.82) is 0 Å². The average molecular weight is 402 g/mol. The number of hydrogen-bond donors (Lipinski definition) is 0. The molecule has 0 unspecified atom stereocenters. The van der Waals surface area contributed by atoms with Gasteiger partial charge in [0.25, 0.3) is 0 Å². The Kier molecular flexibility index (Phi) is 4.01. The summed E-state index contributed by atoms with van der Waals surface area (Å²) in [6.45, 7) is 2.04. The average Bonchev–Trinajstić information content (AvgIpc) is 3.54. The van der Waals surface area contributed by atoms with Gasteiger partial charge in [-0.2, -0.15) is 0 Å². The molecule has 2 saturated carbocycles. The summed E-state index contributed by atoms with van der Waals surface area (Å²) < 4.78 is 20.5. The number of nitrogens with zero attached hydrogens (tertiary/aromatic N) is 4. The van der Waals surface area contributed by atoms with Crippen LogP contribution in [-0.4, -0.2) is 28.0 Å². The molecule has 0 atom stereocenters. The van der Waals surface area contributed by atoms with E-state index in [4.69, 9.17) is 4.74 Å². The minimum atomic E-state index is -0.290. The number of halogens is 1.